The van der Waals surface area contributed by atoms with Gasteiger partial charge in [0.1, 0.15) is 5.75 Å². The highest BCUT2D eigenvalue weighted by molar-refractivity contribution is 5.76. The molecule has 0 fully saturated rings. The van der Waals surface area contributed by atoms with Crippen molar-refractivity contribution < 1.29 is 13.9 Å². The molecule has 0 spiro atoms. The van der Waals surface area contributed by atoms with Crippen molar-refractivity contribution in [3.63, 3.8) is 0 Å². The maximum Gasteiger partial charge on any atom is 0.247 e. The zero-order chi connectivity index (χ0) is 15.9. The van der Waals surface area contributed by atoms with Crippen LogP contribution >= 0.6 is 0 Å². The second-order valence-electron chi connectivity index (χ2n) is 5.43. The van der Waals surface area contributed by atoms with Gasteiger partial charge in [-0.3, -0.25) is 4.79 Å². The van der Waals surface area contributed by atoms with Crippen LogP contribution in [0.2, 0.25) is 0 Å². The molecule has 0 aliphatic heterocycles. The van der Waals surface area contributed by atoms with Crippen LogP contribution in [0.5, 0.6) is 5.75 Å². The van der Waals surface area contributed by atoms with E-state index in [2.05, 4.69) is 15.5 Å². The number of hydrogen-bond acceptors (Lipinski definition) is 5. The van der Waals surface area contributed by atoms with Crippen molar-refractivity contribution >= 4 is 5.91 Å². The van der Waals surface area contributed by atoms with Gasteiger partial charge in [-0.1, -0.05) is 19.9 Å². The van der Waals surface area contributed by atoms with E-state index in [4.69, 9.17) is 9.15 Å². The zero-order valence-corrected chi connectivity index (χ0v) is 13.1. The van der Waals surface area contributed by atoms with Gasteiger partial charge in [-0.2, -0.15) is 0 Å². The molecule has 2 rings (SSSR count). The Balaban J connectivity index is 1.90. The molecule has 6 heteroatoms. The summed E-state index contributed by atoms with van der Waals surface area (Å²) in [4.78, 5) is 11.5. The Morgan fingerprint density at radius 1 is 1.36 bits per heavy atom. The predicted octanol–water partition coefficient (Wildman–Crippen LogP) is 2.45. The molecule has 0 radical (unpaired) electrons. The standard InChI is InChI=1S/C16H21N3O3/c1-11(2)9-14(20)17-8-7-15-18-19-16(22-15)12-5-4-6-13(10-12)21-3/h4-6,10-11H,7-9H2,1-3H3,(H,17,20). The maximum absolute atomic E-state index is 11.5. The summed E-state index contributed by atoms with van der Waals surface area (Å²) >= 11 is 0. The van der Waals surface area contributed by atoms with E-state index in [-0.39, 0.29) is 5.91 Å². The fraction of sp³-hybridized carbons (Fsp3) is 0.438. The molecule has 2 aromatic rings. The van der Waals surface area contributed by atoms with Gasteiger partial charge in [0.2, 0.25) is 17.7 Å². The topological polar surface area (TPSA) is 77.3 Å². The Morgan fingerprint density at radius 2 is 2.18 bits per heavy atom. The van der Waals surface area contributed by atoms with Gasteiger partial charge in [-0.15, -0.1) is 10.2 Å². The number of carbonyl (C=O) groups is 1. The zero-order valence-electron chi connectivity index (χ0n) is 13.1. The van der Waals surface area contributed by atoms with Crippen LogP contribution in [-0.4, -0.2) is 29.8 Å². The number of aromatic nitrogens is 2. The van der Waals surface area contributed by atoms with Crippen LogP contribution in [0.25, 0.3) is 11.5 Å². The molecule has 22 heavy (non-hydrogen) atoms. The Hall–Kier alpha value is -2.37. The van der Waals surface area contributed by atoms with E-state index in [0.29, 0.717) is 37.1 Å². The van der Waals surface area contributed by atoms with Crippen LogP contribution in [0, 0.1) is 5.92 Å². The number of carbonyl (C=O) groups excluding carboxylic acids is 1. The van der Waals surface area contributed by atoms with Crippen molar-refractivity contribution in [2.75, 3.05) is 13.7 Å². The number of nitrogens with zero attached hydrogens (tertiary/aromatic N) is 2. The minimum atomic E-state index is 0.0440. The molecule has 0 saturated heterocycles. The summed E-state index contributed by atoms with van der Waals surface area (Å²) in [6, 6.07) is 7.43. The molecule has 0 atom stereocenters. The van der Waals surface area contributed by atoms with E-state index in [9.17, 15) is 4.79 Å². The molecule has 1 amide bonds. The lowest BCUT2D eigenvalue weighted by molar-refractivity contribution is -0.121. The number of ether oxygens (including phenoxy) is 1. The minimum absolute atomic E-state index is 0.0440. The second kappa shape index (κ2) is 7.59. The summed E-state index contributed by atoms with van der Waals surface area (Å²) in [7, 11) is 1.61. The highest BCUT2D eigenvalue weighted by Crippen LogP contribution is 2.22. The van der Waals surface area contributed by atoms with Crippen LogP contribution in [0.3, 0.4) is 0 Å². The van der Waals surface area contributed by atoms with E-state index >= 15 is 0 Å². The van der Waals surface area contributed by atoms with Gasteiger partial charge >= 0.3 is 0 Å². The molecule has 1 heterocycles. The van der Waals surface area contributed by atoms with E-state index in [1.807, 2.05) is 38.1 Å². The van der Waals surface area contributed by atoms with Crippen molar-refractivity contribution in [2.24, 2.45) is 5.92 Å². The van der Waals surface area contributed by atoms with E-state index in [0.717, 1.165) is 11.3 Å². The summed E-state index contributed by atoms with van der Waals surface area (Å²) in [5, 5.41) is 10.9. The maximum atomic E-state index is 11.5. The molecule has 0 bridgehead atoms. The number of amides is 1. The summed E-state index contributed by atoms with van der Waals surface area (Å²) in [6.07, 6.45) is 1.04. The van der Waals surface area contributed by atoms with Crippen LogP contribution in [0.1, 0.15) is 26.2 Å². The molecule has 1 aromatic heterocycles. The van der Waals surface area contributed by atoms with Crippen LogP contribution in [0.4, 0.5) is 0 Å². The smallest absolute Gasteiger partial charge is 0.247 e. The molecule has 1 N–H and O–H groups in total. The molecule has 0 saturated carbocycles. The minimum Gasteiger partial charge on any atom is -0.497 e. The fourth-order valence-electron chi connectivity index (χ4n) is 1.98. The number of nitrogens with one attached hydrogen (secondary N) is 1. The van der Waals surface area contributed by atoms with Gasteiger partial charge in [-0.25, -0.2) is 0 Å². The van der Waals surface area contributed by atoms with Crippen LogP contribution in [0.15, 0.2) is 28.7 Å². The summed E-state index contributed by atoms with van der Waals surface area (Å²) < 4.78 is 10.8. The largest absolute Gasteiger partial charge is 0.497 e. The average Bonchev–Trinajstić information content (AvgIpc) is 2.95. The van der Waals surface area contributed by atoms with Crippen molar-refractivity contribution in [1.82, 2.24) is 15.5 Å². The number of methoxy groups -OCH3 is 1. The fourth-order valence-corrected chi connectivity index (χ4v) is 1.98. The molecule has 1 aromatic carbocycles. The van der Waals surface area contributed by atoms with Gasteiger partial charge < -0.3 is 14.5 Å². The summed E-state index contributed by atoms with van der Waals surface area (Å²) in [6.45, 7) is 4.52. The molecular weight excluding hydrogens is 282 g/mol. The van der Waals surface area contributed by atoms with Crippen LogP contribution in [-0.2, 0) is 11.2 Å². The third-order valence-electron chi connectivity index (χ3n) is 3.04. The molecule has 0 unspecified atom stereocenters. The lowest BCUT2D eigenvalue weighted by Gasteiger charge is -2.05. The van der Waals surface area contributed by atoms with E-state index in [1.165, 1.54) is 0 Å². The van der Waals surface area contributed by atoms with Crippen molar-refractivity contribution in [2.45, 2.75) is 26.7 Å². The number of benzene rings is 1. The Morgan fingerprint density at radius 3 is 2.91 bits per heavy atom. The molecule has 0 aliphatic rings. The van der Waals surface area contributed by atoms with E-state index < -0.39 is 0 Å². The number of rotatable bonds is 7. The highest BCUT2D eigenvalue weighted by Gasteiger charge is 2.10. The molecule has 118 valence electrons. The Bertz CT molecular complexity index is 623. The molecular formula is C16H21N3O3. The van der Waals surface area contributed by atoms with Crippen molar-refractivity contribution in [1.29, 1.82) is 0 Å². The Kier molecular flexibility index (Phi) is 5.52. The molecule has 6 nitrogen and oxygen atoms in total. The van der Waals surface area contributed by atoms with Gasteiger partial charge in [0, 0.05) is 24.9 Å². The lowest BCUT2D eigenvalue weighted by atomic mass is 10.1. The van der Waals surface area contributed by atoms with Crippen LogP contribution < -0.4 is 10.1 Å². The van der Waals surface area contributed by atoms with Crippen molar-refractivity contribution in [3.8, 4) is 17.2 Å². The quantitative estimate of drug-likeness (QED) is 0.850. The monoisotopic (exact) mass is 303 g/mol. The third-order valence-corrected chi connectivity index (χ3v) is 3.04. The lowest BCUT2D eigenvalue weighted by Crippen LogP contribution is -2.26. The number of hydrogen-bond donors (Lipinski definition) is 1. The second-order valence-corrected chi connectivity index (χ2v) is 5.43. The van der Waals surface area contributed by atoms with Gasteiger partial charge in [0.05, 0.1) is 7.11 Å². The third kappa shape index (κ3) is 4.58. The highest BCUT2D eigenvalue weighted by atomic mass is 16.5. The summed E-state index contributed by atoms with van der Waals surface area (Å²) in [5.74, 6) is 2.08. The average molecular weight is 303 g/mol. The first-order valence-corrected chi connectivity index (χ1v) is 7.32. The predicted molar refractivity (Wildman–Crippen MR) is 82.5 cm³/mol. The normalized spacial score (nSPS) is 10.7. The van der Waals surface area contributed by atoms with Gasteiger partial charge in [0.25, 0.3) is 0 Å². The van der Waals surface area contributed by atoms with Crippen molar-refractivity contribution in [3.05, 3.63) is 30.2 Å². The first kappa shape index (κ1) is 16.0. The first-order chi connectivity index (χ1) is 10.6. The van der Waals surface area contributed by atoms with Gasteiger partial charge in [0.15, 0.2) is 0 Å². The van der Waals surface area contributed by atoms with Gasteiger partial charge in [-0.05, 0) is 24.1 Å². The molecule has 0 aliphatic carbocycles. The Labute approximate surface area is 129 Å². The summed E-state index contributed by atoms with van der Waals surface area (Å²) in [5.41, 5.74) is 0.807. The SMILES string of the molecule is COc1cccc(-c2nnc(CCNC(=O)CC(C)C)o2)c1. The van der Waals surface area contributed by atoms with E-state index in [1.54, 1.807) is 7.11 Å². The first-order valence-electron chi connectivity index (χ1n) is 7.32.